The molecule has 0 saturated heterocycles. The largest absolute Gasteiger partial charge is 0.373 e. The van der Waals surface area contributed by atoms with Crippen molar-refractivity contribution >= 4 is 23.1 Å². The van der Waals surface area contributed by atoms with Gasteiger partial charge in [-0.3, -0.25) is 4.79 Å². The lowest BCUT2D eigenvalue weighted by molar-refractivity contribution is 0.0951. The molecule has 2 N–H and O–H groups in total. The maximum Gasteiger partial charge on any atom is 0.251 e. The second-order valence-corrected chi connectivity index (χ2v) is 6.05. The molecule has 0 saturated carbocycles. The molecule has 0 bridgehead atoms. The van der Waals surface area contributed by atoms with Gasteiger partial charge in [-0.15, -0.1) is 11.3 Å². The molecule has 112 valence electrons. The zero-order valence-corrected chi connectivity index (χ0v) is 13.5. The van der Waals surface area contributed by atoms with Gasteiger partial charge in [-0.2, -0.15) is 0 Å². The zero-order valence-electron chi connectivity index (χ0n) is 12.7. The number of amides is 1. The van der Waals surface area contributed by atoms with Crippen molar-refractivity contribution in [2.45, 2.75) is 33.2 Å². The fourth-order valence-corrected chi connectivity index (χ4v) is 2.58. The van der Waals surface area contributed by atoms with Crippen LogP contribution in [0.4, 0.5) is 5.82 Å². The van der Waals surface area contributed by atoms with E-state index in [0.717, 1.165) is 16.3 Å². The highest BCUT2D eigenvalue weighted by molar-refractivity contribution is 7.09. The minimum Gasteiger partial charge on any atom is -0.373 e. The molecular weight excluding hydrogens is 284 g/mol. The Labute approximate surface area is 128 Å². The van der Waals surface area contributed by atoms with E-state index in [2.05, 4.69) is 34.4 Å². The zero-order chi connectivity index (χ0) is 15.4. The highest BCUT2D eigenvalue weighted by Crippen LogP contribution is 2.18. The number of thiazole rings is 1. The standard InChI is InChI=1S/C15H20N4OS/c1-9(2)12-5-11(6-14(16-4)19-12)15(20)17-7-13-10(3)18-8-21-13/h5-6,8-9H,7H2,1-4H3,(H,16,19)(H,17,20). The summed E-state index contributed by atoms with van der Waals surface area (Å²) in [5, 5.41) is 5.93. The normalized spacial score (nSPS) is 10.7. The number of hydrogen-bond acceptors (Lipinski definition) is 5. The van der Waals surface area contributed by atoms with Crippen LogP contribution in [-0.4, -0.2) is 22.9 Å². The average molecular weight is 304 g/mol. The number of carbonyl (C=O) groups excluding carboxylic acids is 1. The Hall–Kier alpha value is -1.95. The van der Waals surface area contributed by atoms with E-state index in [1.54, 1.807) is 30.0 Å². The Balaban J connectivity index is 2.14. The SMILES string of the molecule is CNc1cc(C(=O)NCc2scnc2C)cc(C(C)C)n1. The van der Waals surface area contributed by atoms with Crippen LogP contribution >= 0.6 is 11.3 Å². The van der Waals surface area contributed by atoms with Crippen LogP contribution in [-0.2, 0) is 6.54 Å². The van der Waals surface area contributed by atoms with Crippen molar-refractivity contribution in [1.29, 1.82) is 0 Å². The maximum atomic E-state index is 12.3. The van der Waals surface area contributed by atoms with E-state index in [0.29, 0.717) is 17.9 Å². The highest BCUT2D eigenvalue weighted by atomic mass is 32.1. The monoisotopic (exact) mass is 304 g/mol. The van der Waals surface area contributed by atoms with Crippen molar-refractivity contribution in [3.63, 3.8) is 0 Å². The molecule has 0 radical (unpaired) electrons. The summed E-state index contributed by atoms with van der Waals surface area (Å²) in [7, 11) is 1.80. The number of rotatable bonds is 5. The number of anilines is 1. The number of carbonyl (C=O) groups is 1. The molecule has 5 nitrogen and oxygen atoms in total. The van der Waals surface area contributed by atoms with Gasteiger partial charge in [-0.05, 0) is 25.0 Å². The van der Waals surface area contributed by atoms with E-state index in [1.807, 2.05) is 13.0 Å². The summed E-state index contributed by atoms with van der Waals surface area (Å²) in [6.45, 7) is 6.57. The third kappa shape index (κ3) is 3.78. The molecule has 0 aliphatic carbocycles. The average Bonchev–Trinajstić information content (AvgIpc) is 2.89. The van der Waals surface area contributed by atoms with Gasteiger partial charge in [-0.25, -0.2) is 9.97 Å². The van der Waals surface area contributed by atoms with Gasteiger partial charge >= 0.3 is 0 Å². The molecule has 0 aromatic carbocycles. The summed E-state index contributed by atoms with van der Waals surface area (Å²) in [5.74, 6) is 0.887. The van der Waals surface area contributed by atoms with Crippen molar-refractivity contribution in [3.8, 4) is 0 Å². The number of nitrogens with one attached hydrogen (secondary N) is 2. The molecular formula is C15H20N4OS. The molecule has 0 fully saturated rings. The molecule has 0 atom stereocenters. The van der Waals surface area contributed by atoms with E-state index in [9.17, 15) is 4.79 Å². The second-order valence-electron chi connectivity index (χ2n) is 5.11. The first kappa shape index (κ1) is 15.4. The number of nitrogens with zero attached hydrogens (tertiary/aromatic N) is 2. The van der Waals surface area contributed by atoms with Gasteiger partial charge < -0.3 is 10.6 Å². The summed E-state index contributed by atoms with van der Waals surface area (Å²) >= 11 is 1.55. The quantitative estimate of drug-likeness (QED) is 0.891. The lowest BCUT2D eigenvalue weighted by Gasteiger charge is -2.11. The fraction of sp³-hybridized carbons (Fsp3) is 0.400. The van der Waals surface area contributed by atoms with Crippen molar-refractivity contribution in [1.82, 2.24) is 15.3 Å². The molecule has 2 aromatic rings. The number of aromatic nitrogens is 2. The summed E-state index contributed by atoms with van der Waals surface area (Å²) in [4.78, 5) is 22.0. The topological polar surface area (TPSA) is 66.9 Å². The Morgan fingerprint density at radius 1 is 1.38 bits per heavy atom. The molecule has 0 aliphatic heterocycles. The molecule has 0 spiro atoms. The van der Waals surface area contributed by atoms with E-state index in [1.165, 1.54) is 0 Å². The van der Waals surface area contributed by atoms with Gasteiger partial charge in [-0.1, -0.05) is 13.8 Å². The van der Waals surface area contributed by atoms with Gasteiger partial charge in [0.1, 0.15) is 5.82 Å². The molecule has 0 aliphatic rings. The fourth-order valence-electron chi connectivity index (χ4n) is 1.87. The maximum absolute atomic E-state index is 12.3. The molecule has 2 aromatic heterocycles. The van der Waals surface area contributed by atoms with Crippen LogP contribution in [0.15, 0.2) is 17.6 Å². The third-order valence-electron chi connectivity index (χ3n) is 3.21. The van der Waals surface area contributed by atoms with Gasteiger partial charge in [0.15, 0.2) is 0 Å². The third-order valence-corrected chi connectivity index (χ3v) is 4.14. The lowest BCUT2D eigenvalue weighted by Crippen LogP contribution is -2.23. The van der Waals surface area contributed by atoms with E-state index < -0.39 is 0 Å². The van der Waals surface area contributed by atoms with Crippen molar-refractivity contribution in [2.24, 2.45) is 0 Å². The van der Waals surface area contributed by atoms with Gasteiger partial charge in [0.05, 0.1) is 17.7 Å². The Morgan fingerprint density at radius 3 is 2.71 bits per heavy atom. The van der Waals surface area contributed by atoms with E-state index in [-0.39, 0.29) is 11.8 Å². The summed E-state index contributed by atoms with van der Waals surface area (Å²) in [5.41, 5.74) is 4.29. The smallest absolute Gasteiger partial charge is 0.251 e. The van der Waals surface area contributed by atoms with Crippen LogP contribution in [0.2, 0.25) is 0 Å². The van der Waals surface area contributed by atoms with Gasteiger partial charge in [0, 0.05) is 23.2 Å². The van der Waals surface area contributed by atoms with Crippen LogP contribution in [0.25, 0.3) is 0 Å². The number of aryl methyl sites for hydroxylation is 1. The summed E-state index contributed by atoms with van der Waals surface area (Å²) in [6.07, 6.45) is 0. The van der Waals surface area contributed by atoms with Crippen LogP contribution in [0.5, 0.6) is 0 Å². The molecule has 21 heavy (non-hydrogen) atoms. The van der Waals surface area contributed by atoms with Crippen molar-refractivity contribution in [3.05, 3.63) is 39.5 Å². The van der Waals surface area contributed by atoms with E-state index in [4.69, 9.17) is 0 Å². The van der Waals surface area contributed by atoms with Gasteiger partial charge in [0.25, 0.3) is 5.91 Å². The minimum atomic E-state index is -0.0939. The van der Waals surface area contributed by atoms with Crippen molar-refractivity contribution < 1.29 is 4.79 Å². The molecule has 2 rings (SSSR count). The number of pyridine rings is 1. The summed E-state index contributed by atoms with van der Waals surface area (Å²) in [6, 6.07) is 3.61. The van der Waals surface area contributed by atoms with Crippen LogP contribution < -0.4 is 10.6 Å². The first-order valence-electron chi connectivity index (χ1n) is 6.88. The minimum absolute atomic E-state index is 0.0939. The van der Waals surface area contributed by atoms with Crippen molar-refractivity contribution in [2.75, 3.05) is 12.4 Å². The second kappa shape index (κ2) is 6.67. The molecule has 1 amide bonds. The lowest BCUT2D eigenvalue weighted by atomic mass is 10.1. The highest BCUT2D eigenvalue weighted by Gasteiger charge is 2.12. The van der Waals surface area contributed by atoms with Crippen LogP contribution in [0.3, 0.4) is 0 Å². The predicted octanol–water partition coefficient (Wildman–Crippen LogP) is 2.94. The van der Waals surface area contributed by atoms with Gasteiger partial charge in [0.2, 0.25) is 0 Å². The molecule has 0 unspecified atom stereocenters. The van der Waals surface area contributed by atoms with E-state index >= 15 is 0 Å². The molecule has 2 heterocycles. The van der Waals surface area contributed by atoms with Crippen LogP contribution in [0, 0.1) is 6.92 Å². The van der Waals surface area contributed by atoms with Crippen LogP contribution in [0.1, 0.15) is 46.4 Å². The predicted molar refractivity (Wildman–Crippen MR) is 85.9 cm³/mol. The number of hydrogen-bond donors (Lipinski definition) is 2. The Kier molecular flexibility index (Phi) is 4.90. The first-order chi connectivity index (χ1) is 10.0. The Morgan fingerprint density at radius 2 is 2.14 bits per heavy atom. The first-order valence-corrected chi connectivity index (χ1v) is 7.76. The summed E-state index contributed by atoms with van der Waals surface area (Å²) < 4.78 is 0. The Bertz CT molecular complexity index is 636. The molecule has 6 heteroatoms.